The van der Waals surface area contributed by atoms with E-state index in [2.05, 4.69) is 21.2 Å². The van der Waals surface area contributed by atoms with E-state index in [-0.39, 0.29) is 11.4 Å². The van der Waals surface area contributed by atoms with Crippen LogP contribution in [-0.2, 0) is 0 Å². The maximum Gasteiger partial charge on any atom is 0.253 e. The van der Waals surface area contributed by atoms with Crippen LogP contribution in [-0.4, -0.2) is 32.8 Å². The summed E-state index contributed by atoms with van der Waals surface area (Å²) in [4.78, 5) is 13.2. The van der Waals surface area contributed by atoms with Gasteiger partial charge in [0.05, 0.1) is 31.4 Å². The van der Waals surface area contributed by atoms with Crippen molar-refractivity contribution in [2.24, 2.45) is 17.8 Å². The first-order chi connectivity index (χ1) is 12.5. The van der Waals surface area contributed by atoms with Gasteiger partial charge in [0.1, 0.15) is 0 Å². The third-order valence-electron chi connectivity index (χ3n) is 6.43. The molecule has 5 nitrogen and oxygen atoms in total. The first kappa shape index (κ1) is 18.0. The minimum absolute atomic E-state index is 0.0360. The zero-order valence-corrected chi connectivity index (χ0v) is 17.1. The molecule has 0 heterocycles. The monoisotopic (exact) mass is 423 g/mol. The molecule has 142 valence electrons. The van der Waals surface area contributed by atoms with Crippen LogP contribution in [0.1, 0.15) is 48.9 Å². The van der Waals surface area contributed by atoms with Crippen molar-refractivity contribution in [3.8, 4) is 17.2 Å². The van der Waals surface area contributed by atoms with Crippen molar-refractivity contribution in [1.82, 2.24) is 5.32 Å². The molecule has 0 atom stereocenters. The van der Waals surface area contributed by atoms with Gasteiger partial charge in [-0.1, -0.05) is 0 Å². The van der Waals surface area contributed by atoms with Gasteiger partial charge in [-0.3, -0.25) is 4.79 Å². The molecule has 0 aromatic heterocycles. The number of halogens is 1. The zero-order chi connectivity index (χ0) is 18.5. The van der Waals surface area contributed by atoms with Gasteiger partial charge in [0, 0.05) is 5.54 Å². The Kier molecular flexibility index (Phi) is 4.58. The van der Waals surface area contributed by atoms with Gasteiger partial charge in [-0.2, -0.15) is 0 Å². The summed E-state index contributed by atoms with van der Waals surface area (Å²) in [5.74, 6) is 3.72. The summed E-state index contributed by atoms with van der Waals surface area (Å²) >= 11 is 3.53. The lowest BCUT2D eigenvalue weighted by atomic mass is 9.53. The van der Waals surface area contributed by atoms with Gasteiger partial charge < -0.3 is 19.5 Å². The summed E-state index contributed by atoms with van der Waals surface area (Å²) in [7, 11) is 4.68. The van der Waals surface area contributed by atoms with E-state index in [0.29, 0.717) is 27.3 Å². The number of rotatable bonds is 5. The lowest BCUT2D eigenvalue weighted by Crippen LogP contribution is -2.59. The van der Waals surface area contributed by atoms with E-state index in [9.17, 15) is 4.79 Å². The second kappa shape index (κ2) is 6.63. The summed E-state index contributed by atoms with van der Waals surface area (Å²) < 4.78 is 16.9. The highest BCUT2D eigenvalue weighted by Gasteiger charge is 2.51. The van der Waals surface area contributed by atoms with Crippen LogP contribution < -0.4 is 19.5 Å². The Morgan fingerprint density at radius 3 is 2.00 bits per heavy atom. The fourth-order valence-corrected chi connectivity index (χ4v) is 6.49. The van der Waals surface area contributed by atoms with Crippen LogP contribution in [0.5, 0.6) is 17.2 Å². The molecule has 5 rings (SSSR count). The highest BCUT2D eigenvalue weighted by molar-refractivity contribution is 9.10. The number of methoxy groups -OCH3 is 3. The van der Waals surface area contributed by atoms with Crippen LogP contribution in [0.15, 0.2) is 10.5 Å². The summed E-state index contributed by atoms with van der Waals surface area (Å²) in [6.45, 7) is 0. The number of benzene rings is 1. The second-order valence-corrected chi connectivity index (χ2v) is 8.95. The van der Waals surface area contributed by atoms with Crippen molar-refractivity contribution in [2.45, 2.75) is 44.1 Å². The van der Waals surface area contributed by atoms with Crippen LogP contribution in [0.3, 0.4) is 0 Å². The Balaban J connectivity index is 1.64. The van der Waals surface area contributed by atoms with Crippen molar-refractivity contribution in [3.63, 3.8) is 0 Å². The van der Waals surface area contributed by atoms with Crippen LogP contribution in [0.4, 0.5) is 0 Å². The maximum absolute atomic E-state index is 13.2. The molecule has 6 heteroatoms. The molecule has 4 fully saturated rings. The van der Waals surface area contributed by atoms with Crippen molar-refractivity contribution < 1.29 is 19.0 Å². The minimum atomic E-state index is -0.0712. The molecule has 0 saturated heterocycles. The summed E-state index contributed by atoms with van der Waals surface area (Å²) in [5, 5.41) is 3.40. The average Bonchev–Trinajstić information content (AvgIpc) is 2.59. The lowest BCUT2D eigenvalue weighted by molar-refractivity contribution is -0.0167. The van der Waals surface area contributed by atoms with E-state index in [1.807, 2.05) is 0 Å². The number of nitrogens with one attached hydrogen (secondary N) is 1. The molecule has 26 heavy (non-hydrogen) atoms. The number of carbonyl (C=O) groups is 1. The van der Waals surface area contributed by atoms with E-state index in [1.165, 1.54) is 19.3 Å². The molecular formula is C20H26BrNO4. The second-order valence-electron chi connectivity index (χ2n) is 8.16. The predicted octanol–water partition coefficient (Wildman–Crippen LogP) is 4.17. The predicted molar refractivity (Wildman–Crippen MR) is 102 cm³/mol. The molecule has 0 radical (unpaired) electrons. The average molecular weight is 424 g/mol. The molecule has 1 N–H and O–H groups in total. The first-order valence-corrected chi connectivity index (χ1v) is 10.1. The van der Waals surface area contributed by atoms with Gasteiger partial charge in [-0.15, -0.1) is 0 Å². The Morgan fingerprint density at radius 1 is 1.00 bits per heavy atom. The topological polar surface area (TPSA) is 56.8 Å². The van der Waals surface area contributed by atoms with E-state index in [0.717, 1.165) is 37.0 Å². The van der Waals surface area contributed by atoms with Crippen molar-refractivity contribution in [1.29, 1.82) is 0 Å². The molecule has 4 saturated carbocycles. The highest BCUT2D eigenvalue weighted by Crippen LogP contribution is 2.56. The third-order valence-corrected chi connectivity index (χ3v) is 7.22. The van der Waals surface area contributed by atoms with Crippen molar-refractivity contribution >= 4 is 21.8 Å². The summed E-state index contributed by atoms with van der Waals surface area (Å²) in [5.41, 5.74) is 0.487. The zero-order valence-electron chi connectivity index (χ0n) is 15.6. The van der Waals surface area contributed by atoms with E-state index in [4.69, 9.17) is 14.2 Å². The number of hydrogen-bond donors (Lipinski definition) is 1. The SMILES string of the molecule is COc1cc(C(=O)NC23CC4CC(CC(C4)C2)C3)c(Br)c(OC)c1OC. The van der Waals surface area contributed by atoms with Gasteiger partial charge >= 0.3 is 0 Å². The Bertz CT molecular complexity index is 698. The van der Waals surface area contributed by atoms with E-state index < -0.39 is 0 Å². The van der Waals surface area contributed by atoms with Crippen molar-refractivity contribution in [3.05, 3.63) is 16.1 Å². The Labute approximate surface area is 162 Å². The smallest absolute Gasteiger partial charge is 0.253 e. The molecule has 1 aromatic carbocycles. The molecule has 4 aliphatic carbocycles. The quantitative estimate of drug-likeness (QED) is 0.771. The molecule has 4 aliphatic rings. The molecule has 4 bridgehead atoms. The highest BCUT2D eigenvalue weighted by atomic mass is 79.9. The fraction of sp³-hybridized carbons (Fsp3) is 0.650. The fourth-order valence-electron chi connectivity index (χ4n) is 5.86. The van der Waals surface area contributed by atoms with Crippen LogP contribution >= 0.6 is 15.9 Å². The number of carbonyl (C=O) groups excluding carboxylic acids is 1. The minimum Gasteiger partial charge on any atom is -0.493 e. The lowest BCUT2D eigenvalue weighted by Gasteiger charge is -2.56. The molecule has 1 aromatic rings. The Morgan fingerprint density at radius 2 is 1.54 bits per heavy atom. The van der Waals surface area contributed by atoms with Crippen molar-refractivity contribution in [2.75, 3.05) is 21.3 Å². The van der Waals surface area contributed by atoms with Gasteiger partial charge in [0.2, 0.25) is 5.75 Å². The molecule has 0 aliphatic heterocycles. The molecule has 1 amide bonds. The van der Waals surface area contributed by atoms with Gasteiger partial charge in [0.15, 0.2) is 11.5 Å². The van der Waals surface area contributed by atoms with E-state index >= 15 is 0 Å². The number of ether oxygens (including phenoxy) is 3. The summed E-state index contributed by atoms with van der Waals surface area (Å²) in [6, 6.07) is 1.72. The number of amides is 1. The van der Waals surface area contributed by atoms with Gasteiger partial charge in [0.25, 0.3) is 5.91 Å². The largest absolute Gasteiger partial charge is 0.493 e. The Hall–Kier alpha value is -1.43. The number of hydrogen-bond acceptors (Lipinski definition) is 4. The van der Waals surface area contributed by atoms with Gasteiger partial charge in [-0.25, -0.2) is 0 Å². The maximum atomic E-state index is 13.2. The molecule has 0 unspecified atom stereocenters. The molecule has 0 spiro atoms. The van der Waals surface area contributed by atoms with Crippen LogP contribution in [0, 0.1) is 17.8 Å². The van der Waals surface area contributed by atoms with E-state index in [1.54, 1.807) is 27.4 Å². The third kappa shape index (κ3) is 2.86. The van der Waals surface area contributed by atoms with Crippen LogP contribution in [0.2, 0.25) is 0 Å². The molecular weight excluding hydrogens is 398 g/mol. The summed E-state index contributed by atoms with van der Waals surface area (Å²) in [6.07, 6.45) is 7.40. The first-order valence-electron chi connectivity index (χ1n) is 9.29. The van der Waals surface area contributed by atoms with Gasteiger partial charge in [-0.05, 0) is 78.3 Å². The van der Waals surface area contributed by atoms with Crippen LogP contribution in [0.25, 0.3) is 0 Å². The normalized spacial score (nSPS) is 31.6. The standard InChI is InChI=1S/C20H26BrNO4/c1-24-15-7-14(16(21)18(26-3)17(15)25-2)19(23)22-20-8-11-4-12(9-20)6-13(5-11)10-20/h7,11-13H,4-6,8-10H2,1-3H3,(H,22,23).